The van der Waals surface area contributed by atoms with Crippen molar-refractivity contribution < 1.29 is 4.74 Å². The molecule has 0 saturated carbocycles. The highest BCUT2D eigenvalue weighted by atomic mass is 35.5. The lowest BCUT2D eigenvalue weighted by Gasteiger charge is -2.14. The zero-order valence-corrected chi connectivity index (χ0v) is 12.7. The van der Waals surface area contributed by atoms with Crippen LogP contribution in [0.5, 0.6) is 5.75 Å². The van der Waals surface area contributed by atoms with Crippen LogP contribution >= 0.6 is 11.6 Å². The number of rotatable bonds is 6. The van der Waals surface area contributed by atoms with E-state index in [1.165, 1.54) is 0 Å². The van der Waals surface area contributed by atoms with Crippen LogP contribution < -0.4 is 10.1 Å². The summed E-state index contributed by atoms with van der Waals surface area (Å²) in [6, 6.07) is 16.3. The zero-order chi connectivity index (χ0) is 14.4. The number of benzene rings is 2. The van der Waals surface area contributed by atoms with E-state index in [9.17, 15) is 0 Å². The Labute approximate surface area is 125 Å². The third kappa shape index (κ3) is 4.26. The summed E-state index contributed by atoms with van der Waals surface area (Å²) in [6.07, 6.45) is 0. The molecule has 0 fully saturated rings. The van der Waals surface area contributed by atoms with Crippen molar-refractivity contribution in [1.29, 1.82) is 0 Å². The van der Waals surface area contributed by atoms with Gasteiger partial charge >= 0.3 is 0 Å². The van der Waals surface area contributed by atoms with E-state index in [-0.39, 0.29) is 0 Å². The molecule has 0 unspecified atom stereocenters. The molecule has 0 spiro atoms. The van der Waals surface area contributed by atoms with Crippen molar-refractivity contribution in [2.75, 3.05) is 0 Å². The lowest BCUT2D eigenvalue weighted by molar-refractivity contribution is 0.302. The van der Waals surface area contributed by atoms with Gasteiger partial charge in [-0.15, -0.1) is 0 Å². The molecule has 0 saturated heterocycles. The molecule has 0 bridgehead atoms. The molecular formula is C17H20ClNO. The minimum Gasteiger partial charge on any atom is -0.489 e. The highest BCUT2D eigenvalue weighted by molar-refractivity contribution is 6.31. The van der Waals surface area contributed by atoms with Crippen LogP contribution in [-0.2, 0) is 13.2 Å². The van der Waals surface area contributed by atoms with E-state index in [1.54, 1.807) is 0 Å². The van der Waals surface area contributed by atoms with Crippen LogP contribution in [0.1, 0.15) is 25.0 Å². The molecule has 2 nitrogen and oxygen atoms in total. The van der Waals surface area contributed by atoms with Gasteiger partial charge in [-0.05, 0) is 12.1 Å². The first-order valence-corrected chi connectivity index (χ1v) is 7.22. The van der Waals surface area contributed by atoms with E-state index in [0.29, 0.717) is 12.6 Å². The van der Waals surface area contributed by atoms with Gasteiger partial charge in [0, 0.05) is 28.7 Å². The molecule has 1 N–H and O–H groups in total. The van der Waals surface area contributed by atoms with Crippen molar-refractivity contribution in [2.24, 2.45) is 0 Å². The number of para-hydroxylation sites is 1. The standard InChI is InChI=1S/C17H20ClNO/c1-13(2)19-11-14-7-4-6-10-17(14)20-12-15-8-3-5-9-16(15)18/h3-10,13,19H,11-12H2,1-2H3. The van der Waals surface area contributed by atoms with Crippen LogP contribution in [0.4, 0.5) is 0 Å². The third-order valence-electron chi connectivity index (χ3n) is 3.01. The Morgan fingerprint density at radius 2 is 1.65 bits per heavy atom. The first kappa shape index (κ1) is 14.9. The number of hydrogen-bond acceptors (Lipinski definition) is 2. The van der Waals surface area contributed by atoms with Gasteiger partial charge in [0.1, 0.15) is 12.4 Å². The lowest BCUT2D eigenvalue weighted by atomic mass is 10.2. The quantitative estimate of drug-likeness (QED) is 0.850. The average Bonchev–Trinajstić information content (AvgIpc) is 2.45. The second-order valence-corrected chi connectivity index (χ2v) is 5.43. The molecule has 0 aliphatic heterocycles. The maximum Gasteiger partial charge on any atom is 0.124 e. The second kappa shape index (κ2) is 7.32. The molecule has 0 heterocycles. The molecular weight excluding hydrogens is 270 g/mol. The minimum atomic E-state index is 0.451. The predicted octanol–water partition coefficient (Wildman–Crippen LogP) is 4.42. The van der Waals surface area contributed by atoms with Crippen LogP contribution in [0, 0.1) is 0 Å². The van der Waals surface area contributed by atoms with E-state index in [0.717, 1.165) is 28.4 Å². The summed E-state index contributed by atoms with van der Waals surface area (Å²) in [7, 11) is 0. The van der Waals surface area contributed by atoms with E-state index in [1.807, 2.05) is 42.5 Å². The fraction of sp³-hybridized carbons (Fsp3) is 0.294. The normalized spacial score (nSPS) is 10.8. The van der Waals surface area contributed by atoms with Crippen molar-refractivity contribution in [3.8, 4) is 5.75 Å². The Morgan fingerprint density at radius 1 is 1.00 bits per heavy atom. The molecule has 20 heavy (non-hydrogen) atoms. The zero-order valence-electron chi connectivity index (χ0n) is 11.9. The van der Waals surface area contributed by atoms with E-state index < -0.39 is 0 Å². The molecule has 2 rings (SSSR count). The molecule has 3 heteroatoms. The van der Waals surface area contributed by atoms with E-state index in [2.05, 4.69) is 25.2 Å². The Bertz CT molecular complexity index is 554. The van der Waals surface area contributed by atoms with Crippen LogP contribution in [-0.4, -0.2) is 6.04 Å². The van der Waals surface area contributed by atoms with Crippen molar-refractivity contribution in [2.45, 2.75) is 33.0 Å². The van der Waals surface area contributed by atoms with Gasteiger partial charge in [0.05, 0.1) is 0 Å². The van der Waals surface area contributed by atoms with Gasteiger partial charge < -0.3 is 10.1 Å². The lowest BCUT2D eigenvalue weighted by Crippen LogP contribution is -2.22. The third-order valence-corrected chi connectivity index (χ3v) is 3.38. The highest BCUT2D eigenvalue weighted by Gasteiger charge is 2.05. The first-order valence-electron chi connectivity index (χ1n) is 6.84. The van der Waals surface area contributed by atoms with Gasteiger partial charge in [-0.25, -0.2) is 0 Å². The Balaban J connectivity index is 2.04. The fourth-order valence-corrected chi connectivity index (χ4v) is 2.07. The van der Waals surface area contributed by atoms with Crippen LogP contribution in [0.2, 0.25) is 5.02 Å². The first-order chi connectivity index (χ1) is 9.66. The topological polar surface area (TPSA) is 21.3 Å². The molecule has 2 aromatic carbocycles. The summed E-state index contributed by atoms with van der Waals surface area (Å²) in [4.78, 5) is 0. The second-order valence-electron chi connectivity index (χ2n) is 5.02. The van der Waals surface area contributed by atoms with Crippen molar-refractivity contribution in [3.63, 3.8) is 0 Å². The fourth-order valence-electron chi connectivity index (χ4n) is 1.88. The molecule has 0 aliphatic carbocycles. The van der Waals surface area contributed by atoms with Gasteiger partial charge in [0.25, 0.3) is 0 Å². The van der Waals surface area contributed by atoms with Gasteiger partial charge in [-0.2, -0.15) is 0 Å². The monoisotopic (exact) mass is 289 g/mol. The predicted molar refractivity (Wildman–Crippen MR) is 84.2 cm³/mol. The van der Waals surface area contributed by atoms with Crippen LogP contribution in [0.15, 0.2) is 48.5 Å². The molecule has 0 aromatic heterocycles. The Kier molecular flexibility index (Phi) is 5.45. The number of halogens is 1. The van der Waals surface area contributed by atoms with Crippen molar-refractivity contribution >= 4 is 11.6 Å². The van der Waals surface area contributed by atoms with Crippen LogP contribution in [0.3, 0.4) is 0 Å². The largest absolute Gasteiger partial charge is 0.489 e. The van der Waals surface area contributed by atoms with Crippen LogP contribution in [0.25, 0.3) is 0 Å². The smallest absolute Gasteiger partial charge is 0.124 e. The minimum absolute atomic E-state index is 0.451. The molecule has 0 atom stereocenters. The maximum absolute atomic E-state index is 6.14. The SMILES string of the molecule is CC(C)NCc1ccccc1OCc1ccccc1Cl. The van der Waals surface area contributed by atoms with Gasteiger partial charge in [0.15, 0.2) is 0 Å². The number of hydrogen-bond donors (Lipinski definition) is 1. The molecule has 0 amide bonds. The summed E-state index contributed by atoms with van der Waals surface area (Å²) in [5, 5.41) is 4.15. The summed E-state index contributed by atoms with van der Waals surface area (Å²) in [6.45, 7) is 5.55. The Hall–Kier alpha value is -1.51. The van der Waals surface area contributed by atoms with Gasteiger partial charge in [0.2, 0.25) is 0 Å². The van der Waals surface area contributed by atoms with Crippen molar-refractivity contribution in [1.82, 2.24) is 5.32 Å². The number of nitrogens with one attached hydrogen (secondary N) is 1. The summed E-state index contributed by atoms with van der Waals surface area (Å²) < 4.78 is 5.91. The molecule has 2 aromatic rings. The average molecular weight is 290 g/mol. The van der Waals surface area contributed by atoms with E-state index in [4.69, 9.17) is 16.3 Å². The summed E-state index contributed by atoms with van der Waals surface area (Å²) >= 11 is 6.14. The van der Waals surface area contributed by atoms with Gasteiger partial charge in [-0.3, -0.25) is 0 Å². The van der Waals surface area contributed by atoms with Crippen molar-refractivity contribution in [3.05, 3.63) is 64.7 Å². The summed E-state index contributed by atoms with van der Waals surface area (Å²) in [5.41, 5.74) is 2.16. The Morgan fingerprint density at radius 3 is 2.35 bits per heavy atom. The molecule has 106 valence electrons. The molecule has 0 aliphatic rings. The highest BCUT2D eigenvalue weighted by Crippen LogP contribution is 2.21. The van der Waals surface area contributed by atoms with E-state index >= 15 is 0 Å². The maximum atomic E-state index is 6.14. The molecule has 0 radical (unpaired) electrons. The van der Waals surface area contributed by atoms with Gasteiger partial charge in [-0.1, -0.05) is 61.8 Å². The summed E-state index contributed by atoms with van der Waals surface area (Å²) in [5.74, 6) is 0.903. The number of ether oxygens (including phenoxy) is 1.